The summed E-state index contributed by atoms with van der Waals surface area (Å²) in [6.45, 7) is 0.503. The second kappa shape index (κ2) is 7.66. The molecule has 5 nitrogen and oxygen atoms in total. The van der Waals surface area contributed by atoms with Gasteiger partial charge in [0.1, 0.15) is 6.61 Å². The zero-order valence-corrected chi connectivity index (χ0v) is 13.6. The highest BCUT2D eigenvalue weighted by molar-refractivity contribution is 5.79. The second-order valence-corrected chi connectivity index (χ2v) is 5.78. The van der Waals surface area contributed by atoms with E-state index in [1.807, 2.05) is 24.3 Å². The Balaban J connectivity index is 1.59. The molecule has 0 saturated carbocycles. The quantitative estimate of drug-likeness (QED) is 0.790. The van der Waals surface area contributed by atoms with Crippen molar-refractivity contribution in [2.75, 3.05) is 13.2 Å². The lowest BCUT2D eigenvalue weighted by Crippen LogP contribution is -2.26. The summed E-state index contributed by atoms with van der Waals surface area (Å²) in [7, 11) is 0. The third-order valence-corrected chi connectivity index (χ3v) is 4.17. The normalized spacial score (nSPS) is 12.6. The van der Waals surface area contributed by atoms with Crippen molar-refractivity contribution in [3.63, 3.8) is 0 Å². The number of carboxylic acid groups (broad SMARTS) is 1. The van der Waals surface area contributed by atoms with E-state index in [9.17, 15) is 9.59 Å². The highest BCUT2D eigenvalue weighted by Gasteiger charge is 2.28. The van der Waals surface area contributed by atoms with Crippen molar-refractivity contribution in [3.8, 4) is 11.1 Å². The third kappa shape index (κ3) is 3.88. The Bertz CT molecular complexity index is 767. The number of hydrogen-bond donors (Lipinski definition) is 2. The molecule has 0 aliphatic heterocycles. The van der Waals surface area contributed by atoms with Gasteiger partial charge >= 0.3 is 12.1 Å². The van der Waals surface area contributed by atoms with Crippen LogP contribution in [0.2, 0.25) is 0 Å². The standard InChI is InChI=1S/C20H19NO4/c22-19(23)11-5-6-12-21-20(24)25-13-18-16-9-3-1-7-14(16)15-8-2-4-10-17(15)18/h1-10,18H,11-13H2,(H,21,24)(H,22,23). The van der Waals surface area contributed by atoms with Gasteiger partial charge in [-0.3, -0.25) is 4.79 Å². The number of carboxylic acids is 1. The van der Waals surface area contributed by atoms with Crippen LogP contribution in [-0.2, 0) is 9.53 Å². The van der Waals surface area contributed by atoms with Crippen LogP contribution in [0.15, 0.2) is 60.7 Å². The van der Waals surface area contributed by atoms with E-state index >= 15 is 0 Å². The molecular formula is C20H19NO4. The van der Waals surface area contributed by atoms with E-state index in [2.05, 4.69) is 29.6 Å². The number of alkyl carbamates (subject to hydrolysis) is 1. The Morgan fingerprint density at radius 1 is 1.00 bits per heavy atom. The molecule has 5 heteroatoms. The zero-order chi connectivity index (χ0) is 17.6. The molecule has 25 heavy (non-hydrogen) atoms. The van der Waals surface area contributed by atoms with Gasteiger partial charge in [-0.25, -0.2) is 4.79 Å². The van der Waals surface area contributed by atoms with E-state index < -0.39 is 12.1 Å². The molecule has 0 fully saturated rings. The fraction of sp³-hybridized carbons (Fsp3) is 0.200. The van der Waals surface area contributed by atoms with Crippen molar-refractivity contribution in [2.45, 2.75) is 12.3 Å². The van der Waals surface area contributed by atoms with Crippen molar-refractivity contribution in [2.24, 2.45) is 0 Å². The first-order chi connectivity index (χ1) is 12.2. The van der Waals surface area contributed by atoms with E-state index in [1.54, 1.807) is 6.08 Å². The fourth-order valence-corrected chi connectivity index (χ4v) is 3.06. The lowest BCUT2D eigenvalue weighted by molar-refractivity contribution is -0.136. The minimum absolute atomic E-state index is 0.0284. The molecule has 0 radical (unpaired) electrons. The average molecular weight is 337 g/mol. The van der Waals surface area contributed by atoms with Crippen molar-refractivity contribution in [3.05, 3.63) is 71.8 Å². The molecule has 2 aromatic carbocycles. The molecule has 0 bridgehead atoms. The van der Waals surface area contributed by atoms with Crippen LogP contribution in [0.4, 0.5) is 4.79 Å². The zero-order valence-electron chi connectivity index (χ0n) is 13.6. The summed E-state index contributed by atoms with van der Waals surface area (Å²) >= 11 is 0. The maximum atomic E-state index is 11.8. The Hall–Kier alpha value is -3.08. The molecule has 1 amide bonds. The van der Waals surface area contributed by atoms with Crippen molar-refractivity contribution < 1.29 is 19.4 Å². The molecule has 2 aromatic rings. The molecule has 0 aromatic heterocycles. The van der Waals surface area contributed by atoms with Crippen LogP contribution in [0.5, 0.6) is 0 Å². The van der Waals surface area contributed by atoms with Crippen molar-refractivity contribution in [1.82, 2.24) is 5.32 Å². The highest BCUT2D eigenvalue weighted by atomic mass is 16.5. The van der Waals surface area contributed by atoms with Gasteiger partial charge in [0.15, 0.2) is 0 Å². The average Bonchev–Trinajstić information content (AvgIpc) is 2.93. The Morgan fingerprint density at radius 3 is 2.20 bits per heavy atom. The SMILES string of the molecule is O=C(O)CC=CCNC(=O)OCC1c2ccccc2-c2ccccc21. The molecule has 3 rings (SSSR count). The number of benzene rings is 2. The van der Waals surface area contributed by atoms with E-state index in [0.29, 0.717) is 0 Å². The maximum Gasteiger partial charge on any atom is 0.407 e. The second-order valence-electron chi connectivity index (χ2n) is 5.78. The first kappa shape index (κ1) is 16.8. The summed E-state index contributed by atoms with van der Waals surface area (Å²) in [6.07, 6.45) is 2.51. The van der Waals surface area contributed by atoms with Gasteiger partial charge in [-0.15, -0.1) is 0 Å². The van der Waals surface area contributed by atoms with Crippen LogP contribution < -0.4 is 5.32 Å². The Kier molecular flexibility index (Phi) is 5.14. The van der Waals surface area contributed by atoms with Crippen LogP contribution in [0.1, 0.15) is 23.5 Å². The molecule has 0 saturated heterocycles. The summed E-state index contributed by atoms with van der Waals surface area (Å²) in [5.74, 6) is -0.877. The molecule has 1 aliphatic rings. The van der Waals surface area contributed by atoms with Gasteiger partial charge in [-0.05, 0) is 22.3 Å². The van der Waals surface area contributed by atoms with E-state index in [0.717, 1.165) is 11.1 Å². The van der Waals surface area contributed by atoms with Crippen LogP contribution >= 0.6 is 0 Å². The van der Waals surface area contributed by atoms with Gasteiger partial charge in [0.05, 0.1) is 6.42 Å². The van der Waals surface area contributed by atoms with Crippen LogP contribution in [0, 0.1) is 0 Å². The molecule has 0 heterocycles. The van der Waals surface area contributed by atoms with E-state index in [-0.39, 0.29) is 25.5 Å². The van der Waals surface area contributed by atoms with Crippen LogP contribution in [0.3, 0.4) is 0 Å². The number of ether oxygens (including phenoxy) is 1. The van der Waals surface area contributed by atoms with Gasteiger partial charge in [0.25, 0.3) is 0 Å². The first-order valence-electron chi connectivity index (χ1n) is 8.12. The summed E-state index contributed by atoms with van der Waals surface area (Å²) in [4.78, 5) is 22.2. The van der Waals surface area contributed by atoms with Crippen molar-refractivity contribution in [1.29, 1.82) is 0 Å². The number of carbonyl (C=O) groups excluding carboxylic acids is 1. The van der Waals surface area contributed by atoms with E-state index in [4.69, 9.17) is 9.84 Å². The van der Waals surface area contributed by atoms with Gasteiger partial charge in [-0.2, -0.15) is 0 Å². The number of aliphatic carboxylic acids is 1. The molecule has 0 unspecified atom stereocenters. The predicted octanol–water partition coefficient (Wildman–Crippen LogP) is 3.56. The van der Waals surface area contributed by atoms with E-state index in [1.165, 1.54) is 17.2 Å². The van der Waals surface area contributed by atoms with Crippen LogP contribution in [0.25, 0.3) is 11.1 Å². The predicted molar refractivity (Wildman–Crippen MR) is 94.5 cm³/mol. The minimum atomic E-state index is -0.905. The molecule has 0 atom stereocenters. The number of rotatable bonds is 6. The summed E-state index contributed by atoms with van der Waals surface area (Å²) < 4.78 is 5.37. The van der Waals surface area contributed by atoms with Gasteiger partial charge in [0, 0.05) is 12.5 Å². The number of fused-ring (bicyclic) bond motifs is 3. The molecule has 2 N–H and O–H groups in total. The van der Waals surface area contributed by atoms with Gasteiger partial charge < -0.3 is 15.2 Å². The summed E-state index contributed by atoms with van der Waals surface area (Å²) in [6, 6.07) is 16.3. The number of hydrogen-bond acceptors (Lipinski definition) is 3. The molecule has 0 spiro atoms. The largest absolute Gasteiger partial charge is 0.481 e. The number of amides is 1. The molecule has 1 aliphatic carbocycles. The molecular weight excluding hydrogens is 318 g/mol. The highest BCUT2D eigenvalue weighted by Crippen LogP contribution is 2.44. The molecule has 128 valence electrons. The minimum Gasteiger partial charge on any atom is -0.481 e. The lowest BCUT2D eigenvalue weighted by atomic mass is 9.98. The fourth-order valence-electron chi connectivity index (χ4n) is 3.06. The topological polar surface area (TPSA) is 75.6 Å². The Labute approximate surface area is 145 Å². The van der Waals surface area contributed by atoms with Gasteiger partial charge in [-0.1, -0.05) is 60.7 Å². The number of carbonyl (C=O) groups is 2. The Morgan fingerprint density at radius 2 is 1.60 bits per heavy atom. The monoisotopic (exact) mass is 337 g/mol. The van der Waals surface area contributed by atoms with Gasteiger partial charge in [0.2, 0.25) is 0 Å². The summed E-state index contributed by atoms with van der Waals surface area (Å²) in [5.41, 5.74) is 4.70. The summed E-state index contributed by atoms with van der Waals surface area (Å²) in [5, 5.41) is 11.1. The number of nitrogens with one attached hydrogen (secondary N) is 1. The van der Waals surface area contributed by atoms with Crippen LogP contribution in [-0.4, -0.2) is 30.3 Å². The smallest absolute Gasteiger partial charge is 0.407 e. The first-order valence-corrected chi connectivity index (χ1v) is 8.12. The maximum absolute atomic E-state index is 11.8. The van der Waals surface area contributed by atoms with Crippen molar-refractivity contribution >= 4 is 12.1 Å². The third-order valence-electron chi connectivity index (χ3n) is 4.17. The lowest BCUT2D eigenvalue weighted by Gasteiger charge is -2.14.